The molecule has 0 spiro atoms. The van der Waals surface area contributed by atoms with Gasteiger partial charge >= 0.3 is 5.97 Å². The lowest BCUT2D eigenvalue weighted by Crippen LogP contribution is -1.84. The van der Waals surface area contributed by atoms with Gasteiger partial charge in [0.25, 0.3) is 0 Å². The SMILES string of the molecule is CC/C=C\C/C=C/C=C/C(=O)O. The lowest BCUT2D eigenvalue weighted by atomic mass is 10.3. The van der Waals surface area contributed by atoms with Gasteiger partial charge in [-0.3, -0.25) is 0 Å². The van der Waals surface area contributed by atoms with Crippen molar-refractivity contribution in [1.29, 1.82) is 0 Å². The first kappa shape index (κ1) is 10.7. The molecule has 0 unspecified atom stereocenters. The van der Waals surface area contributed by atoms with E-state index in [1.165, 1.54) is 6.08 Å². The second-order valence-electron chi connectivity index (χ2n) is 2.24. The fraction of sp³-hybridized carbons (Fsp3) is 0.300. The second kappa shape index (κ2) is 7.79. The van der Waals surface area contributed by atoms with Crippen LogP contribution >= 0.6 is 0 Å². The maximum absolute atomic E-state index is 10.00. The van der Waals surface area contributed by atoms with Crippen LogP contribution in [0.2, 0.25) is 0 Å². The summed E-state index contributed by atoms with van der Waals surface area (Å²) in [5, 5.41) is 8.22. The fourth-order valence-electron chi connectivity index (χ4n) is 0.636. The lowest BCUT2D eigenvalue weighted by molar-refractivity contribution is -0.131. The zero-order valence-corrected chi connectivity index (χ0v) is 7.23. The topological polar surface area (TPSA) is 37.3 Å². The number of hydrogen-bond donors (Lipinski definition) is 1. The van der Waals surface area contributed by atoms with E-state index < -0.39 is 5.97 Å². The quantitative estimate of drug-likeness (QED) is 0.387. The number of aliphatic carboxylic acids is 1. The van der Waals surface area contributed by atoms with E-state index in [0.717, 1.165) is 18.9 Å². The van der Waals surface area contributed by atoms with E-state index in [9.17, 15) is 4.79 Å². The molecule has 0 heterocycles. The number of allylic oxidation sites excluding steroid dienone is 5. The molecule has 0 bridgehead atoms. The number of carbonyl (C=O) groups is 1. The molecule has 2 nitrogen and oxygen atoms in total. The third kappa shape index (κ3) is 8.69. The van der Waals surface area contributed by atoms with Crippen molar-refractivity contribution in [2.45, 2.75) is 19.8 Å². The van der Waals surface area contributed by atoms with Gasteiger partial charge in [-0.05, 0) is 12.8 Å². The van der Waals surface area contributed by atoms with Crippen LogP contribution in [0, 0.1) is 0 Å². The zero-order valence-electron chi connectivity index (χ0n) is 7.23. The van der Waals surface area contributed by atoms with Gasteiger partial charge in [-0.1, -0.05) is 37.3 Å². The lowest BCUT2D eigenvalue weighted by Gasteiger charge is -1.79. The summed E-state index contributed by atoms with van der Waals surface area (Å²) in [6.07, 6.45) is 12.3. The Kier molecular flexibility index (Phi) is 6.94. The van der Waals surface area contributed by atoms with Gasteiger partial charge in [0.05, 0.1) is 0 Å². The first-order valence-corrected chi connectivity index (χ1v) is 3.98. The van der Waals surface area contributed by atoms with E-state index in [4.69, 9.17) is 5.11 Å². The molecule has 0 aliphatic carbocycles. The van der Waals surface area contributed by atoms with Crippen molar-refractivity contribution in [3.8, 4) is 0 Å². The van der Waals surface area contributed by atoms with E-state index in [0.29, 0.717) is 0 Å². The van der Waals surface area contributed by atoms with E-state index in [1.807, 2.05) is 12.2 Å². The molecule has 0 amide bonds. The Labute approximate surface area is 72.9 Å². The molecule has 12 heavy (non-hydrogen) atoms. The van der Waals surface area contributed by atoms with Crippen LogP contribution < -0.4 is 0 Å². The van der Waals surface area contributed by atoms with Gasteiger partial charge in [0.15, 0.2) is 0 Å². The van der Waals surface area contributed by atoms with Crippen molar-refractivity contribution in [3.63, 3.8) is 0 Å². The number of carboxylic acid groups (broad SMARTS) is 1. The van der Waals surface area contributed by atoms with Crippen LogP contribution in [0.1, 0.15) is 19.8 Å². The standard InChI is InChI=1S/C10H14O2/c1-2-3-4-5-6-7-8-9-10(11)12/h3-4,6-9H,2,5H2,1H3,(H,11,12)/b4-3-,7-6+,9-8+. The molecule has 0 saturated heterocycles. The normalized spacial score (nSPS) is 12.1. The molecular weight excluding hydrogens is 152 g/mol. The Morgan fingerprint density at radius 1 is 1.25 bits per heavy atom. The van der Waals surface area contributed by atoms with Crippen molar-refractivity contribution in [2.24, 2.45) is 0 Å². The Morgan fingerprint density at radius 2 is 2.00 bits per heavy atom. The molecule has 0 fully saturated rings. The molecule has 0 aromatic heterocycles. The molecule has 0 aromatic carbocycles. The van der Waals surface area contributed by atoms with Crippen molar-refractivity contribution in [3.05, 3.63) is 36.5 Å². The molecule has 0 rings (SSSR count). The highest BCUT2D eigenvalue weighted by Gasteiger charge is 1.79. The molecule has 0 aromatic rings. The van der Waals surface area contributed by atoms with Crippen molar-refractivity contribution < 1.29 is 9.90 Å². The Morgan fingerprint density at radius 3 is 2.58 bits per heavy atom. The number of rotatable bonds is 5. The van der Waals surface area contributed by atoms with E-state index in [-0.39, 0.29) is 0 Å². The molecule has 0 radical (unpaired) electrons. The van der Waals surface area contributed by atoms with Crippen LogP contribution in [0.15, 0.2) is 36.5 Å². The average molecular weight is 166 g/mol. The fourth-order valence-corrected chi connectivity index (χ4v) is 0.636. The van der Waals surface area contributed by atoms with Crippen LogP contribution in [0.25, 0.3) is 0 Å². The summed E-state index contributed by atoms with van der Waals surface area (Å²) in [5.41, 5.74) is 0. The average Bonchev–Trinajstić information content (AvgIpc) is 2.02. The van der Waals surface area contributed by atoms with Crippen LogP contribution in [0.3, 0.4) is 0 Å². The maximum atomic E-state index is 10.00. The Balaban J connectivity index is 3.50. The van der Waals surface area contributed by atoms with Gasteiger partial charge in [-0.2, -0.15) is 0 Å². The first-order valence-electron chi connectivity index (χ1n) is 3.98. The minimum atomic E-state index is -0.913. The van der Waals surface area contributed by atoms with Gasteiger partial charge in [0.1, 0.15) is 0 Å². The molecule has 0 saturated carbocycles. The monoisotopic (exact) mass is 166 g/mol. The number of hydrogen-bond acceptors (Lipinski definition) is 1. The molecule has 66 valence electrons. The van der Waals surface area contributed by atoms with Crippen molar-refractivity contribution in [2.75, 3.05) is 0 Å². The van der Waals surface area contributed by atoms with Crippen molar-refractivity contribution >= 4 is 5.97 Å². The predicted molar refractivity (Wildman–Crippen MR) is 50.0 cm³/mol. The van der Waals surface area contributed by atoms with E-state index in [2.05, 4.69) is 13.0 Å². The van der Waals surface area contributed by atoms with Gasteiger partial charge in [0.2, 0.25) is 0 Å². The highest BCUT2D eigenvalue weighted by molar-refractivity contribution is 5.80. The molecule has 0 aliphatic rings. The molecule has 0 atom stereocenters. The summed E-state index contributed by atoms with van der Waals surface area (Å²) in [6, 6.07) is 0. The van der Waals surface area contributed by atoms with Crippen LogP contribution in [-0.2, 0) is 4.79 Å². The molecule has 2 heteroatoms. The summed E-state index contributed by atoms with van der Waals surface area (Å²) in [6.45, 7) is 2.07. The summed E-state index contributed by atoms with van der Waals surface area (Å²) >= 11 is 0. The highest BCUT2D eigenvalue weighted by Crippen LogP contribution is 1.88. The first-order chi connectivity index (χ1) is 5.77. The Bertz CT molecular complexity index is 200. The smallest absolute Gasteiger partial charge is 0.328 e. The van der Waals surface area contributed by atoms with Gasteiger partial charge in [-0.25, -0.2) is 4.79 Å². The van der Waals surface area contributed by atoms with Crippen LogP contribution in [0.4, 0.5) is 0 Å². The third-order valence-electron chi connectivity index (χ3n) is 1.16. The number of carboxylic acids is 1. The summed E-state index contributed by atoms with van der Waals surface area (Å²) in [4.78, 5) is 10.00. The van der Waals surface area contributed by atoms with Crippen LogP contribution in [0.5, 0.6) is 0 Å². The summed E-state index contributed by atoms with van der Waals surface area (Å²) in [7, 11) is 0. The van der Waals surface area contributed by atoms with Crippen molar-refractivity contribution in [1.82, 2.24) is 0 Å². The zero-order chi connectivity index (χ0) is 9.23. The largest absolute Gasteiger partial charge is 0.478 e. The molecule has 0 aliphatic heterocycles. The minimum absolute atomic E-state index is 0.859. The van der Waals surface area contributed by atoms with E-state index in [1.54, 1.807) is 6.08 Å². The summed E-state index contributed by atoms with van der Waals surface area (Å²) in [5.74, 6) is -0.913. The highest BCUT2D eigenvalue weighted by atomic mass is 16.4. The van der Waals surface area contributed by atoms with Crippen LogP contribution in [-0.4, -0.2) is 11.1 Å². The molecular formula is C10H14O2. The van der Waals surface area contributed by atoms with Gasteiger partial charge < -0.3 is 5.11 Å². The van der Waals surface area contributed by atoms with Gasteiger partial charge in [-0.15, -0.1) is 0 Å². The van der Waals surface area contributed by atoms with Gasteiger partial charge in [0, 0.05) is 6.08 Å². The molecule has 1 N–H and O–H groups in total. The minimum Gasteiger partial charge on any atom is -0.478 e. The maximum Gasteiger partial charge on any atom is 0.328 e. The second-order valence-corrected chi connectivity index (χ2v) is 2.24. The Hall–Kier alpha value is -1.31. The van der Waals surface area contributed by atoms with E-state index >= 15 is 0 Å². The third-order valence-corrected chi connectivity index (χ3v) is 1.16. The predicted octanol–water partition coefficient (Wildman–Crippen LogP) is 2.54. The summed E-state index contributed by atoms with van der Waals surface area (Å²) < 4.78 is 0.